The summed E-state index contributed by atoms with van der Waals surface area (Å²) in [5.74, 6) is 1.07. The fourth-order valence-electron chi connectivity index (χ4n) is 4.71. The second-order valence-corrected chi connectivity index (χ2v) is 9.45. The van der Waals surface area contributed by atoms with Crippen molar-refractivity contribution >= 4 is 22.6 Å². The highest BCUT2D eigenvalue weighted by Gasteiger charge is 2.28. The van der Waals surface area contributed by atoms with Crippen LogP contribution in [0.2, 0.25) is 0 Å². The maximum atomic E-state index is 13.9. The van der Waals surface area contributed by atoms with Gasteiger partial charge in [-0.2, -0.15) is 0 Å². The van der Waals surface area contributed by atoms with Crippen molar-refractivity contribution in [2.45, 2.75) is 53.5 Å². The predicted molar refractivity (Wildman–Crippen MR) is 153 cm³/mol. The van der Waals surface area contributed by atoms with E-state index in [1.54, 1.807) is 15.5 Å². The summed E-state index contributed by atoms with van der Waals surface area (Å²) in [7, 11) is 0. The third-order valence-electron chi connectivity index (χ3n) is 6.78. The van der Waals surface area contributed by atoms with Crippen molar-refractivity contribution < 1.29 is 9.53 Å². The number of fused-ring (bicyclic) bond motifs is 1. The van der Waals surface area contributed by atoms with Crippen LogP contribution in [-0.4, -0.2) is 33.6 Å². The Kier molecular flexibility index (Phi) is 8.46. The van der Waals surface area contributed by atoms with Crippen LogP contribution in [0, 0.1) is 13.8 Å². The Morgan fingerprint density at radius 2 is 1.68 bits per heavy atom. The first kappa shape index (κ1) is 26.9. The number of nitrogens with zero attached hydrogens (tertiary/aromatic N) is 3. The number of hydrogen-bond acceptors (Lipinski definition) is 4. The standard InChI is InChI=1S/C31H36N4O3/c1-6-8-20-34(31(37)33-28-21(3)14-13-15-22(28)4)23(5)29-32-25-17-10-9-16-24(25)30(36)35(29)26-18-11-12-19-27(26)38-7-2/h9-19,23H,6-8,20H2,1-5H3,(H,33,37). The quantitative estimate of drug-likeness (QED) is 0.268. The van der Waals surface area contributed by atoms with Gasteiger partial charge in [0.15, 0.2) is 0 Å². The highest BCUT2D eigenvalue weighted by molar-refractivity contribution is 5.91. The molecular formula is C31H36N4O3. The highest BCUT2D eigenvalue weighted by Crippen LogP contribution is 2.29. The van der Waals surface area contributed by atoms with Crippen molar-refractivity contribution in [2.24, 2.45) is 0 Å². The minimum absolute atomic E-state index is 0.199. The fourth-order valence-corrected chi connectivity index (χ4v) is 4.71. The second-order valence-electron chi connectivity index (χ2n) is 9.45. The van der Waals surface area contributed by atoms with Gasteiger partial charge in [-0.25, -0.2) is 9.78 Å². The lowest BCUT2D eigenvalue weighted by atomic mass is 10.1. The van der Waals surface area contributed by atoms with E-state index in [4.69, 9.17) is 9.72 Å². The minimum atomic E-state index is -0.502. The van der Waals surface area contributed by atoms with Crippen molar-refractivity contribution in [3.05, 3.63) is 94.0 Å². The number of amides is 2. The van der Waals surface area contributed by atoms with Crippen LogP contribution in [-0.2, 0) is 0 Å². The third-order valence-corrected chi connectivity index (χ3v) is 6.78. The van der Waals surface area contributed by atoms with Gasteiger partial charge in [-0.15, -0.1) is 0 Å². The highest BCUT2D eigenvalue weighted by atomic mass is 16.5. The summed E-state index contributed by atoms with van der Waals surface area (Å²) >= 11 is 0. The summed E-state index contributed by atoms with van der Waals surface area (Å²) < 4.78 is 7.49. The van der Waals surface area contributed by atoms with Gasteiger partial charge in [0.1, 0.15) is 11.6 Å². The van der Waals surface area contributed by atoms with Crippen molar-refractivity contribution in [2.75, 3.05) is 18.5 Å². The topological polar surface area (TPSA) is 76.5 Å². The van der Waals surface area contributed by atoms with Gasteiger partial charge in [-0.1, -0.05) is 55.8 Å². The molecule has 0 radical (unpaired) electrons. The van der Waals surface area contributed by atoms with Crippen LogP contribution in [0.25, 0.3) is 16.6 Å². The zero-order valence-corrected chi connectivity index (χ0v) is 22.8. The van der Waals surface area contributed by atoms with Gasteiger partial charge in [-0.05, 0) is 69.5 Å². The van der Waals surface area contributed by atoms with E-state index >= 15 is 0 Å². The molecule has 0 fully saturated rings. The molecule has 2 amide bonds. The second kappa shape index (κ2) is 11.9. The van der Waals surface area contributed by atoms with Crippen LogP contribution in [0.1, 0.15) is 56.6 Å². The first-order valence-electron chi connectivity index (χ1n) is 13.2. The summed E-state index contributed by atoms with van der Waals surface area (Å²) in [4.78, 5) is 34.4. The van der Waals surface area contributed by atoms with Gasteiger partial charge in [0.2, 0.25) is 0 Å². The van der Waals surface area contributed by atoms with E-state index in [9.17, 15) is 9.59 Å². The number of benzene rings is 3. The van der Waals surface area contributed by atoms with Gasteiger partial charge >= 0.3 is 6.03 Å². The SMILES string of the molecule is CCCCN(C(=O)Nc1c(C)cccc1C)C(C)c1nc2ccccc2c(=O)n1-c1ccccc1OCC. The average Bonchev–Trinajstić information content (AvgIpc) is 2.91. The zero-order valence-electron chi connectivity index (χ0n) is 22.8. The monoisotopic (exact) mass is 512 g/mol. The Hall–Kier alpha value is -4.13. The first-order valence-corrected chi connectivity index (χ1v) is 13.2. The predicted octanol–water partition coefficient (Wildman–Crippen LogP) is 6.80. The molecule has 0 aliphatic carbocycles. The number of carbonyl (C=O) groups excluding carboxylic acids is 1. The molecule has 1 aromatic heterocycles. The molecule has 7 nitrogen and oxygen atoms in total. The average molecular weight is 513 g/mol. The molecule has 3 aromatic carbocycles. The number of rotatable bonds is 9. The number of hydrogen-bond donors (Lipinski definition) is 1. The van der Waals surface area contributed by atoms with E-state index in [0.717, 1.165) is 29.7 Å². The van der Waals surface area contributed by atoms with Crippen LogP contribution in [0.4, 0.5) is 10.5 Å². The number of para-hydroxylation sites is 4. The third kappa shape index (κ3) is 5.42. The van der Waals surface area contributed by atoms with Gasteiger partial charge < -0.3 is 15.0 Å². The molecule has 198 valence electrons. The van der Waals surface area contributed by atoms with E-state index in [2.05, 4.69) is 12.2 Å². The van der Waals surface area contributed by atoms with E-state index in [-0.39, 0.29) is 11.6 Å². The van der Waals surface area contributed by atoms with Gasteiger partial charge in [0.05, 0.1) is 29.2 Å². The van der Waals surface area contributed by atoms with Crippen LogP contribution >= 0.6 is 0 Å². The molecule has 0 bridgehead atoms. The number of ether oxygens (including phenoxy) is 1. The van der Waals surface area contributed by atoms with Crippen molar-refractivity contribution in [1.29, 1.82) is 0 Å². The lowest BCUT2D eigenvalue weighted by Crippen LogP contribution is -2.40. The molecule has 1 unspecified atom stereocenters. The molecule has 7 heteroatoms. The minimum Gasteiger partial charge on any atom is -0.492 e. The molecule has 0 saturated carbocycles. The fraction of sp³-hybridized carbons (Fsp3) is 0.323. The molecule has 0 spiro atoms. The summed E-state index contributed by atoms with van der Waals surface area (Å²) in [5, 5.41) is 3.64. The number of aromatic nitrogens is 2. The van der Waals surface area contributed by atoms with Crippen molar-refractivity contribution in [1.82, 2.24) is 14.5 Å². The van der Waals surface area contributed by atoms with Crippen LogP contribution in [0.5, 0.6) is 5.75 Å². The molecule has 1 atom stereocenters. The molecule has 0 aliphatic rings. The number of aryl methyl sites for hydroxylation is 2. The normalized spacial score (nSPS) is 11.8. The van der Waals surface area contributed by atoms with Gasteiger partial charge in [0.25, 0.3) is 5.56 Å². The van der Waals surface area contributed by atoms with Crippen LogP contribution in [0.15, 0.2) is 71.5 Å². The molecule has 4 aromatic rings. The number of anilines is 1. The first-order chi connectivity index (χ1) is 18.4. The zero-order chi connectivity index (χ0) is 27.2. The number of urea groups is 1. The summed E-state index contributed by atoms with van der Waals surface area (Å²) in [6, 6.07) is 20.0. The van der Waals surface area contributed by atoms with Crippen molar-refractivity contribution in [3.8, 4) is 11.4 Å². The largest absolute Gasteiger partial charge is 0.492 e. The molecule has 1 heterocycles. The van der Waals surface area contributed by atoms with E-state index < -0.39 is 6.04 Å². The molecule has 0 saturated heterocycles. The summed E-state index contributed by atoms with van der Waals surface area (Å²) in [5.41, 5.74) is 3.78. The molecular weight excluding hydrogens is 476 g/mol. The maximum absolute atomic E-state index is 13.9. The number of unbranched alkanes of at least 4 members (excludes halogenated alkanes) is 1. The summed E-state index contributed by atoms with van der Waals surface area (Å²) in [6.45, 7) is 10.9. The molecule has 4 rings (SSSR count). The smallest absolute Gasteiger partial charge is 0.322 e. The van der Waals surface area contributed by atoms with Gasteiger partial charge in [-0.3, -0.25) is 9.36 Å². The Bertz CT molecular complexity index is 1470. The Morgan fingerprint density at radius 1 is 1.00 bits per heavy atom. The van der Waals surface area contributed by atoms with Crippen LogP contribution in [0.3, 0.4) is 0 Å². The van der Waals surface area contributed by atoms with E-state index in [1.165, 1.54) is 0 Å². The number of nitrogens with one attached hydrogen (secondary N) is 1. The maximum Gasteiger partial charge on any atom is 0.322 e. The Morgan fingerprint density at radius 3 is 2.39 bits per heavy atom. The van der Waals surface area contributed by atoms with E-state index in [0.29, 0.717) is 41.3 Å². The van der Waals surface area contributed by atoms with Crippen LogP contribution < -0.4 is 15.6 Å². The molecule has 0 aliphatic heterocycles. The molecule has 1 N–H and O–H groups in total. The molecule has 38 heavy (non-hydrogen) atoms. The van der Waals surface area contributed by atoms with E-state index in [1.807, 2.05) is 88.4 Å². The summed E-state index contributed by atoms with van der Waals surface area (Å²) in [6.07, 6.45) is 1.74. The van der Waals surface area contributed by atoms with Gasteiger partial charge in [0, 0.05) is 12.2 Å². The Balaban J connectivity index is 1.88. The Labute approximate surface area is 224 Å². The number of carbonyl (C=O) groups is 1. The lowest BCUT2D eigenvalue weighted by molar-refractivity contribution is 0.188. The lowest BCUT2D eigenvalue weighted by Gasteiger charge is -2.31. The van der Waals surface area contributed by atoms with Crippen molar-refractivity contribution in [3.63, 3.8) is 0 Å².